The molecule has 0 saturated carbocycles. The average molecular weight is 244 g/mol. The number of hydrogen-bond acceptors (Lipinski definition) is 2. The van der Waals surface area contributed by atoms with E-state index >= 15 is 0 Å². The molecule has 0 saturated heterocycles. The zero-order valence-corrected chi connectivity index (χ0v) is 10.5. The number of carboxylic acid groups (broad SMARTS) is 1. The summed E-state index contributed by atoms with van der Waals surface area (Å²) in [6, 6.07) is 10.8. The van der Waals surface area contributed by atoms with Gasteiger partial charge in [0.2, 0.25) is 0 Å². The Labute approximate surface area is 106 Å². The normalized spacial score (nSPS) is 10.8. The van der Waals surface area contributed by atoms with E-state index in [9.17, 15) is 4.79 Å². The average Bonchev–Trinajstić information content (AvgIpc) is 2.35. The molecule has 0 unspecified atom stereocenters. The number of carboxylic acids is 1. The first kappa shape index (κ1) is 12.4. The van der Waals surface area contributed by atoms with Crippen molar-refractivity contribution in [3.63, 3.8) is 0 Å². The van der Waals surface area contributed by atoms with Crippen molar-refractivity contribution in [2.24, 2.45) is 5.92 Å². The van der Waals surface area contributed by atoms with Gasteiger partial charge in [-0.2, -0.15) is 0 Å². The minimum Gasteiger partial charge on any atom is -0.493 e. The maximum Gasteiger partial charge on any atom is 0.335 e. The zero-order chi connectivity index (χ0) is 13.1. The molecule has 2 aromatic carbocycles. The van der Waals surface area contributed by atoms with E-state index in [1.807, 2.05) is 18.2 Å². The van der Waals surface area contributed by atoms with Gasteiger partial charge < -0.3 is 9.84 Å². The van der Waals surface area contributed by atoms with Crippen molar-refractivity contribution in [2.45, 2.75) is 13.8 Å². The van der Waals surface area contributed by atoms with E-state index in [0.717, 1.165) is 16.5 Å². The van der Waals surface area contributed by atoms with Gasteiger partial charge in [-0.25, -0.2) is 4.79 Å². The highest BCUT2D eigenvalue weighted by Crippen LogP contribution is 2.26. The van der Waals surface area contributed by atoms with Crippen LogP contribution < -0.4 is 4.74 Å². The molecule has 0 aliphatic rings. The lowest BCUT2D eigenvalue weighted by Crippen LogP contribution is -2.04. The lowest BCUT2D eigenvalue weighted by molar-refractivity contribution is 0.0697. The van der Waals surface area contributed by atoms with Gasteiger partial charge in [-0.15, -0.1) is 0 Å². The molecule has 0 aliphatic carbocycles. The van der Waals surface area contributed by atoms with Crippen molar-refractivity contribution in [1.82, 2.24) is 0 Å². The van der Waals surface area contributed by atoms with Gasteiger partial charge in [0.15, 0.2) is 0 Å². The fraction of sp³-hybridized carbons (Fsp3) is 0.267. The van der Waals surface area contributed by atoms with Crippen LogP contribution in [0.4, 0.5) is 0 Å². The van der Waals surface area contributed by atoms with Crippen LogP contribution >= 0.6 is 0 Å². The SMILES string of the molecule is CC(C)COc1cccc2cc(C(=O)O)ccc12. The summed E-state index contributed by atoms with van der Waals surface area (Å²) in [5.74, 6) is 0.349. The number of benzene rings is 2. The third-order valence-corrected chi connectivity index (χ3v) is 2.66. The van der Waals surface area contributed by atoms with Crippen LogP contribution in [-0.2, 0) is 0 Å². The monoisotopic (exact) mass is 244 g/mol. The van der Waals surface area contributed by atoms with Crippen molar-refractivity contribution in [2.75, 3.05) is 6.61 Å². The third-order valence-electron chi connectivity index (χ3n) is 2.66. The number of carbonyl (C=O) groups is 1. The van der Waals surface area contributed by atoms with E-state index in [-0.39, 0.29) is 0 Å². The summed E-state index contributed by atoms with van der Waals surface area (Å²) < 4.78 is 5.73. The first-order valence-corrected chi connectivity index (χ1v) is 5.97. The molecule has 0 spiro atoms. The Hall–Kier alpha value is -2.03. The Morgan fingerprint density at radius 3 is 2.72 bits per heavy atom. The highest BCUT2D eigenvalue weighted by Gasteiger charge is 2.07. The molecule has 1 N–H and O–H groups in total. The molecule has 0 radical (unpaired) electrons. The molecule has 2 aromatic rings. The highest BCUT2D eigenvalue weighted by molar-refractivity contribution is 5.96. The summed E-state index contributed by atoms with van der Waals surface area (Å²) in [5.41, 5.74) is 0.295. The summed E-state index contributed by atoms with van der Waals surface area (Å²) in [7, 11) is 0. The lowest BCUT2D eigenvalue weighted by Gasteiger charge is -2.11. The van der Waals surface area contributed by atoms with Gasteiger partial charge in [0, 0.05) is 5.39 Å². The number of fused-ring (bicyclic) bond motifs is 1. The maximum atomic E-state index is 10.9. The Kier molecular flexibility index (Phi) is 3.51. The largest absolute Gasteiger partial charge is 0.493 e. The van der Waals surface area contributed by atoms with Crippen LogP contribution in [-0.4, -0.2) is 17.7 Å². The second kappa shape index (κ2) is 5.08. The summed E-state index contributed by atoms with van der Waals surface area (Å²) in [6.45, 7) is 4.83. The molecule has 3 heteroatoms. The fourth-order valence-electron chi connectivity index (χ4n) is 1.77. The smallest absolute Gasteiger partial charge is 0.335 e. The Balaban J connectivity index is 2.40. The van der Waals surface area contributed by atoms with Gasteiger partial charge >= 0.3 is 5.97 Å². The van der Waals surface area contributed by atoms with Gasteiger partial charge in [0.05, 0.1) is 12.2 Å². The summed E-state index contributed by atoms with van der Waals surface area (Å²) in [6.07, 6.45) is 0. The summed E-state index contributed by atoms with van der Waals surface area (Å²) in [5, 5.41) is 10.8. The standard InChI is InChI=1S/C15H16O3/c1-10(2)9-18-14-5-3-4-11-8-12(15(16)17)6-7-13(11)14/h3-8,10H,9H2,1-2H3,(H,16,17). The second-order valence-corrected chi connectivity index (χ2v) is 4.70. The van der Waals surface area contributed by atoms with Crippen LogP contribution in [0.15, 0.2) is 36.4 Å². The van der Waals surface area contributed by atoms with Crippen LogP contribution in [0, 0.1) is 5.92 Å². The Morgan fingerprint density at radius 1 is 1.28 bits per heavy atom. The summed E-state index contributed by atoms with van der Waals surface area (Å²) >= 11 is 0. The highest BCUT2D eigenvalue weighted by atomic mass is 16.5. The maximum absolute atomic E-state index is 10.9. The topological polar surface area (TPSA) is 46.5 Å². The number of rotatable bonds is 4. The van der Waals surface area contributed by atoms with E-state index in [2.05, 4.69) is 13.8 Å². The molecule has 0 bridgehead atoms. The van der Waals surface area contributed by atoms with Crippen molar-refractivity contribution in [3.05, 3.63) is 42.0 Å². The number of aromatic carboxylic acids is 1. The van der Waals surface area contributed by atoms with E-state index in [1.165, 1.54) is 0 Å². The van der Waals surface area contributed by atoms with E-state index < -0.39 is 5.97 Å². The third kappa shape index (κ3) is 2.62. The van der Waals surface area contributed by atoms with Gasteiger partial charge in [0.25, 0.3) is 0 Å². The minimum absolute atomic E-state index is 0.295. The lowest BCUT2D eigenvalue weighted by atomic mass is 10.1. The molecular formula is C15H16O3. The molecule has 3 nitrogen and oxygen atoms in total. The molecule has 18 heavy (non-hydrogen) atoms. The predicted octanol–water partition coefficient (Wildman–Crippen LogP) is 3.57. The van der Waals surface area contributed by atoms with E-state index in [1.54, 1.807) is 18.2 Å². The molecule has 0 atom stereocenters. The fourth-order valence-corrected chi connectivity index (χ4v) is 1.77. The quantitative estimate of drug-likeness (QED) is 0.894. The molecule has 0 heterocycles. The van der Waals surface area contributed by atoms with E-state index in [0.29, 0.717) is 18.1 Å². The molecule has 0 fully saturated rings. The van der Waals surface area contributed by atoms with Gasteiger partial charge in [-0.1, -0.05) is 26.0 Å². The Bertz CT molecular complexity index is 573. The van der Waals surface area contributed by atoms with Gasteiger partial charge in [-0.3, -0.25) is 0 Å². The second-order valence-electron chi connectivity index (χ2n) is 4.70. The van der Waals surface area contributed by atoms with Crippen LogP contribution in [0.2, 0.25) is 0 Å². The van der Waals surface area contributed by atoms with Crippen molar-refractivity contribution < 1.29 is 14.6 Å². The van der Waals surface area contributed by atoms with Crippen molar-refractivity contribution >= 4 is 16.7 Å². The predicted molar refractivity (Wildman–Crippen MR) is 71.2 cm³/mol. The van der Waals surface area contributed by atoms with Gasteiger partial charge in [-0.05, 0) is 35.6 Å². The van der Waals surface area contributed by atoms with Crippen LogP contribution in [0.1, 0.15) is 24.2 Å². The number of ether oxygens (including phenoxy) is 1. The summed E-state index contributed by atoms with van der Waals surface area (Å²) in [4.78, 5) is 10.9. The molecular weight excluding hydrogens is 228 g/mol. The minimum atomic E-state index is -0.912. The van der Waals surface area contributed by atoms with Crippen LogP contribution in [0.3, 0.4) is 0 Å². The van der Waals surface area contributed by atoms with Crippen LogP contribution in [0.25, 0.3) is 10.8 Å². The van der Waals surface area contributed by atoms with Crippen LogP contribution in [0.5, 0.6) is 5.75 Å². The van der Waals surface area contributed by atoms with Crippen molar-refractivity contribution in [1.29, 1.82) is 0 Å². The Morgan fingerprint density at radius 2 is 2.06 bits per heavy atom. The molecule has 2 rings (SSSR count). The number of hydrogen-bond donors (Lipinski definition) is 1. The first-order valence-electron chi connectivity index (χ1n) is 5.97. The van der Waals surface area contributed by atoms with Gasteiger partial charge in [0.1, 0.15) is 5.75 Å². The molecule has 0 aliphatic heterocycles. The zero-order valence-electron chi connectivity index (χ0n) is 10.5. The van der Waals surface area contributed by atoms with E-state index in [4.69, 9.17) is 9.84 Å². The molecule has 94 valence electrons. The molecule has 0 aromatic heterocycles. The first-order chi connectivity index (χ1) is 8.58. The van der Waals surface area contributed by atoms with Crippen molar-refractivity contribution in [3.8, 4) is 5.75 Å². The molecule has 0 amide bonds.